The molecule has 1 aliphatic heterocycles. The highest BCUT2D eigenvalue weighted by Gasteiger charge is 2.34. The largest absolute Gasteiger partial charge is 0.463 e. The lowest BCUT2D eigenvalue weighted by Gasteiger charge is -2.25. The second-order valence-electron chi connectivity index (χ2n) is 3.98. The lowest BCUT2D eigenvalue weighted by molar-refractivity contribution is -0.137. The van der Waals surface area contributed by atoms with Gasteiger partial charge in [-0.3, -0.25) is 0 Å². The molecule has 1 saturated heterocycles. The summed E-state index contributed by atoms with van der Waals surface area (Å²) in [5, 5.41) is 3.22. The first-order valence-electron chi connectivity index (χ1n) is 5.89. The van der Waals surface area contributed by atoms with E-state index in [9.17, 15) is 4.79 Å². The summed E-state index contributed by atoms with van der Waals surface area (Å²) in [6.07, 6.45) is 4.08. The second-order valence-corrected chi connectivity index (χ2v) is 3.98. The molecule has 1 rings (SSSR count). The number of rotatable bonds is 7. The summed E-state index contributed by atoms with van der Waals surface area (Å²) < 4.78 is 15.5. The molecule has 1 N–H and O–H groups in total. The van der Waals surface area contributed by atoms with Crippen molar-refractivity contribution in [2.75, 3.05) is 40.0 Å². The molecule has 0 amide bonds. The molecule has 1 atom stereocenters. The molecule has 17 heavy (non-hydrogen) atoms. The van der Waals surface area contributed by atoms with Gasteiger partial charge in [-0.15, -0.1) is 0 Å². The van der Waals surface area contributed by atoms with E-state index in [-0.39, 0.29) is 11.6 Å². The van der Waals surface area contributed by atoms with E-state index in [1.807, 2.05) is 0 Å². The summed E-state index contributed by atoms with van der Waals surface area (Å²) in [5.74, 6) is -0.306. The van der Waals surface area contributed by atoms with Gasteiger partial charge in [0.25, 0.3) is 0 Å². The van der Waals surface area contributed by atoms with Crippen molar-refractivity contribution in [1.29, 1.82) is 0 Å². The van der Waals surface area contributed by atoms with Crippen molar-refractivity contribution in [2.24, 2.45) is 0 Å². The van der Waals surface area contributed by atoms with Crippen LogP contribution in [0.25, 0.3) is 0 Å². The van der Waals surface area contributed by atoms with Crippen molar-refractivity contribution in [2.45, 2.75) is 18.9 Å². The zero-order valence-electron chi connectivity index (χ0n) is 10.5. The summed E-state index contributed by atoms with van der Waals surface area (Å²) in [6.45, 7) is 4.89. The van der Waals surface area contributed by atoms with Crippen LogP contribution in [0.3, 0.4) is 0 Å². The number of carbonyl (C=O) groups excluding carboxylic acids is 1. The Morgan fingerprint density at radius 3 is 3.00 bits per heavy atom. The van der Waals surface area contributed by atoms with Crippen LogP contribution in [-0.2, 0) is 19.0 Å². The highest BCUT2D eigenvalue weighted by atomic mass is 16.5. The number of esters is 1. The zero-order valence-corrected chi connectivity index (χ0v) is 10.5. The number of hydrogen-bond acceptors (Lipinski definition) is 5. The third kappa shape index (κ3) is 4.85. The summed E-state index contributed by atoms with van der Waals surface area (Å²) in [7, 11) is 1.70. The minimum atomic E-state index is -0.306. The summed E-state index contributed by atoms with van der Waals surface area (Å²) >= 11 is 0. The Hall–Kier alpha value is -0.910. The maximum absolute atomic E-state index is 11.0. The molecule has 1 heterocycles. The predicted molar refractivity (Wildman–Crippen MR) is 63.8 cm³/mol. The molecule has 0 aromatic heterocycles. The van der Waals surface area contributed by atoms with Crippen molar-refractivity contribution < 1.29 is 19.0 Å². The maximum Gasteiger partial charge on any atom is 0.330 e. The van der Waals surface area contributed by atoms with Gasteiger partial charge in [0.15, 0.2) is 0 Å². The third-order valence-electron chi connectivity index (χ3n) is 2.75. The van der Waals surface area contributed by atoms with E-state index in [2.05, 4.69) is 5.32 Å². The van der Waals surface area contributed by atoms with Gasteiger partial charge < -0.3 is 19.5 Å². The Morgan fingerprint density at radius 2 is 2.41 bits per heavy atom. The number of carbonyl (C=O) groups is 1. The van der Waals surface area contributed by atoms with E-state index in [0.717, 1.165) is 19.6 Å². The van der Waals surface area contributed by atoms with Crippen molar-refractivity contribution in [3.63, 3.8) is 0 Å². The molecule has 1 fully saturated rings. The van der Waals surface area contributed by atoms with Crippen molar-refractivity contribution in [1.82, 2.24) is 5.32 Å². The molecule has 0 bridgehead atoms. The van der Waals surface area contributed by atoms with Crippen LogP contribution in [0.15, 0.2) is 12.2 Å². The summed E-state index contributed by atoms with van der Waals surface area (Å²) in [5.41, 5.74) is -0.211. The van der Waals surface area contributed by atoms with Crippen LogP contribution in [0, 0.1) is 0 Å². The van der Waals surface area contributed by atoms with Crippen LogP contribution in [0.4, 0.5) is 0 Å². The number of nitrogens with one attached hydrogen (secondary N) is 1. The quantitative estimate of drug-likeness (QED) is 0.401. The second kappa shape index (κ2) is 7.42. The van der Waals surface area contributed by atoms with Crippen LogP contribution in [0.2, 0.25) is 0 Å². The molecule has 98 valence electrons. The van der Waals surface area contributed by atoms with E-state index < -0.39 is 0 Å². The number of hydrogen-bond donors (Lipinski definition) is 1. The van der Waals surface area contributed by atoms with Gasteiger partial charge in [-0.2, -0.15) is 0 Å². The molecule has 0 saturated carbocycles. The van der Waals surface area contributed by atoms with Crippen LogP contribution in [0.1, 0.15) is 13.3 Å². The SMILES string of the molecule is CCOC(=O)/C=C/CNCC1(OC)CCOC1. The highest BCUT2D eigenvalue weighted by Crippen LogP contribution is 2.21. The molecule has 5 heteroatoms. The van der Waals surface area contributed by atoms with Crippen LogP contribution >= 0.6 is 0 Å². The zero-order chi connectivity index (χ0) is 12.6. The monoisotopic (exact) mass is 243 g/mol. The molecular formula is C12H21NO4. The van der Waals surface area contributed by atoms with Gasteiger partial charge in [0.05, 0.1) is 13.2 Å². The Labute approximate surface area is 102 Å². The average Bonchev–Trinajstić information content (AvgIpc) is 2.78. The first-order chi connectivity index (χ1) is 8.22. The number of methoxy groups -OCH3 is 1. The first kappa shape index (κ1) is 14.2. The average molecular weight is 243 g/mol. The van der Waals surface area contributed by atoms with Gasteiger partial charge in [0.1, 0.15) is 5.60 Å². The fraction of sp³-hybridized carbons (Fsp3) is 0.750. The summed E-state index contributed by atoms with van der Waals surface area (Å²) in [4.78, 5) is 11.0. The smallest absolute Gasteiger partial charge is 0.330 e. The Kier molecular flexibility index (Phi) is 6.18. The molecule has 0 aromatic rings. The first-order valence-corrected chi connectivity index (χ1v) is 5.89. The normalized spacial score (nSPS) is 24.4. The fourth-order valence-corrected chi connectivity index (χ4v) is 1.69. The molecule has 0 radical (unpaired) electrons. The lowest BCUT2D eigenvalue weighted by atomic mass is 10.0. The van der Waals surface area contributed by atoms with Crippen molar-refractivity contribution in [3.8, 4) is 0 Å². The van der Waals surface area contributed by atoms with E-state index >= 15 is 0 Å². The van der Waals surface area contributed by atoms with Crippen LogP contribution in [-0.4, -0.2) is 51.6 Å². The molecule has 0 aliphatic carbocycles. The van der Waals surface area contributed by atoms with Gasteiger partial charge >= 0.3 is 5.97 Å². The number of ether oxygens (including phenoxy) is 3. The van der Waals surface area contributed by atoms with Gasteiger partial charge in [0, 0.05) is 39.3 Å². The molecule has 0 spiro atoms. The highest BCUT2D eigenvalue weighted by molar-refractivity contribution is 5.81. The fourth-order valence-electron chi connectivity index (χ4n) is 1.69. The van der Waals surface area contributed by atoms with Gasteiger partial charge in [-0.25, -0.2) is 4.79 Å². The maximum atomic E-state index is 11.0. The summed E-state index contributed by atoms with van der Waals surface area (Å²) in [6, 6.07) is 0. The molecule has 5 nitrogen and oxygen atoms in total. The van der Waals surface area contributed by atoms with E-state index in [0.29, 0.717) is 19.8 Å². The molecular weight excluding hydrogens is 222 g/mol. The standard InChI is InChI=1S/C12H21NO4/c1-3-17-11(14)5-4-7-13-9-12(15-2)6-8-16-10-12/h4-5,13H,3,6-10H2,1-2H3/b5-4+. The Bertz CT molecular complexity index is 259. The van der Waals surface area contributed by atoms with E-state index in [4.69, 9.17) is 14.2 Å². The predicted octanol–water partition coefficient (Wildman–Crippen LogP) is 0.501. The van der Waals surface area contributed by atoms with Crippen molar-refractivity contribution >= 4 is 5.97 Å². The van der Waals surface area contributed by atoms with Crippen LogP contribution in [0.5, 0.6) is 0 Å². The topological polar surface area (TPSA) is 56.8 Å². The Balaban J connectivity index is 2.16. The van der Waals surface area contributed by atoms with Gasteiger partial charge in [0.2, 0.25) is 0 Å². The minimum Gasteiger partial charge on any atom is -0.463 e. The lowest BCUT2D eigenvalue weighted by Crippen LogP contribution is -2.43. The minimum absolute atomic E-state index is 0.211. The van der Waals surface area contributed by atoms with E-state index in [1.54, 1.807) is 20.1 Å². The van der Waals surface area contributed by atoms with Gasteiger partial charge in [-0.1, -0.05) is 6.08 Å². The molecule has 0 aromatic carbocycles. The van der Waals surface area contributed by atoms with Crippen LogP contribution < -0.4 is 5.32 Å². The van der Waals surface area contributed by atoms with E-state index in [1.165, 1.54) is 6.08 Å². The Morgan fingerprint density at radius 1 is 1.59 bits per heavy atom. The molecule has 1 unspecified atom stereocenters. The van der Waals surface area contributed by atoms with Crippen molar-refractivity contribution in [3.05, 3.63) is 12.2 Å². The molecule has 1 aliphatic rings. The third-order valence-corrected chi connectivity index (χ3v) is 2.75. The van der Waals surface area contributed by atoms with Gasteiger partial charge in [-0.05, 0) is 6.92 Å².